The maximum absolute atomic E-state index is 12.3. The van der Waals surface area contributed by atoms with Crippen LogP contribution >= 0.6 is 23.2 Å². The van der Waals surface area contributed by atoms with Crippen LogP contribution in [-0.4, -0.2) is 17.5 Å². The maximum atomic E-state index is 12.3. The van der Waals surface area contributed by atoms with Gasteiger partial charge in [0.2, 0.25) is 5.89 Å². The molecule has 1 N–H and O–H groups in total. The first kappa shape index (κ1) is 20.3. The van der Waals surface area contributed by atoms with Crippen molar-refractivity contribution >= 4 is 45.9 Å². The Morgan fingerprint density at radius 3 is 2.63 bits per heavy atom. The van der Waals surface area contributed by atoms with Crippen LogP contribution in [0.5, 0.6) is 5.75 Å². The number of carbonyl (C=O) groups excluding carboxylic acids is 1. The van der Waals surface area contributed by atoms with E-state index in [0.29, 0.717) is 44.0 Å². The average molecular weight is 441 g/mol. The molecule has 0 atom stereocenters. The van der Waals surface area contributed by atoms with Crippen LogP contribution < -0.4 is 10.1 Å². The highest BCUT2D eigenvalue weighted by Gasteiger charge is 2.13. The number of amides is 1. The van der Waals surface area contributed by atoms with E-state index in [2.05, 4.69) is 10.3 Å². The third-order valence-electron chi connectivity index (χ3n) is 4.68. The number of nitrogens with zero attached hydrogens (tertiary/aromatic N) is 1. The number of hydrogen-bond donors (Lipinski definition) is 1. The molecule has 4 aromatic rings. The summed E-state index contributed by atoms with van der Waals surface area (Å²) in [6, 6.07) is 16.1. The lowest BCUT2D eigenvalue weighted by molar-refractivity contribution is -0.118. The van der Waals surface area contributed by atoms with Crippen LogP contribution in [0.25, 0.3) is 22.6 Å². The van der Waals surface area contributed by atoms with Gasteiger partial charge in [-0.25, -0.2) is 4.98 Å². The highest BCUT2D eigenvalue weighted by molar-refractivity contribution is 6.36. The number of fused-ring (bicyclic) bond motifs is 1. The van der Waals surface area contributed by atoms with Gasteiger partial charge < -0.3 is 14.5 Å². The molecule has 0 unspecified atom stereocenters. The quantitative estimate of drug-likeness (QED) is 0.387. The Kier molecular flexibility index (Phi) is 5.66. The molecule has 30 heavy (non-hydrogen) atoms. The Morgan fingerprint density at radius 2 is 1.87 bits per heavy atom. The summed E-state index contributed by atoms with van der Waals surface area (Å²) in [4.78, 5) is 16.7. The van der Waals surface area contributed by atoms with E-state index in [1.165, 1.54) is 5.56 Å². The van der Waals surface area contributed by atoms with E-state index in [-0.39, 0.29) is 12.5 Å². The summed E-state index contributed by atoms with van der Waals surface area (Å²) >= 11 is 12.2. The lowest BCUT2D eigenvalue weighted by Crippen LogP contribution is -2.20. The average Bonchev–Trinajstić information content (AvgIpc) is 3.12. The van der Waals surface area contributed by atoms with Crippen molar-refractivity contribution in [3.63, 3.8) is 0 Å². The fourth-order valence-electron chi connectivity index (χ4n) is 2.93. The van der Waals surface area contributed by atoms with Crippen molar-refractivity contribution in [2.45, 2.75) is 13.8 Å². The van der Waals surface area contributed by atoms with Gasteiger partial charge in [0.15, 0.2) is 12.2 Å². The Hall–Kier alpha value is -3.02. The summed E-state index contributed by atoms with van der Waals surface area (Å²) < 4.78 is 11.4. The zero-order valence-electron chi connectivity index (χ0n) is 16.3. The smallest absolute Gasteiger partial charge is 0.262 e. The Balaban J connectivity index is 1.46. The highest BCUT2D eigenvalue weighted by Crippen LogP contribution is 2.32. The highest BCUT2D eigenvalue weighted by atomic mass is 35.5. The van der Waals surface area contributed by atoms with E-state index in [9.17, 15) is 4.79 Å². The van der Waals surface area contributed by atoms with Gasteiger partial charge in [0.1, 0.15) is 11.3 Å². The number of nitrogens with one attached hydrogen (secondary N) is 1. The molecular weight excluding hydrogens is 423 g/mol. The van der Waals surface area contributed by atoms with Crippen molar-refractivity contribution in [2.75, 3.05) is 11.9 Å². The number of aromatic nitrogens is 1. The largest absolute Gasteiger partial charge is 0.484 e. The van der Waals surface area contributed by atoms with Gasteiger partial charge in [-0.15, -0.1) is 0 Å². The summed E-state index contributed by atoms with van der Waals surface area (Å²) in [6.07, 6.45) is 0. The van der Waals surface area contributed by atoms with Gasteiger partial charge in [0.05, 0.1) is 10.6 Å². The molecule has 7 heteroatoms. The minimum absolute atomic E-state index is 0.0923. The first-order valence-corrected chi connectivity index (χ1v) is 10.0. The van der Waals surface area contributed by atoms with Gasteiger partial charge in [-0.2, -0.15) is 0 Å². The molecule has 4 rings (SSSR count). The minimum Gasteiger partial charge on any atom is -0.484 e. The van der Waals surface area contributed by atoms with Gasteiger partial charge in [0.25, 0.3) is 5.91 Å². The van der Waals surface area contributed by atoms with E-state index in [0.717, 1.165) is 5.56 Å². The van der Waals surface area contributed by atoms with E-state index in [4.69, 9.17) is 32.4 Å². The number of benzene rings is 3. The van der Waals surface area contributed by atoms with Crippen molar-refractivity contribution in [2.24, 2.45) is 0 Å². The number of oxazole rings is 1. The van der Waals surface area contributed by atoms with Crippen LogP contribution in [0.15, 0.2) is 59.0 Å². The van der Waals surface area contributed by atoms with Crippen LogP contribution in [0.1, 0.15) is 11.1 Å². The van der Waals surface area contributed by atoms with Crippen molar-refractivity contribution in [1.29, 1.82) is 0 Å². The molecule has 1 aromatic heterocycles. The van der Waals surface area contributed by atoms with E-state index < -0.39 is 0 Å². The number of rotatable bonds is 5. The van der Waals surface area contributed by atoms with Gasteiger partial charge in [-0.1, -0.05) is 29.3 Å². The molecule has 0 aliphatic rings. The van der Waals surface area contributed by atoms with Gasteiger partial charge in [-0.3, -0.25) is 4.79 Å². The molecule has 0 aliphatic heterocycles. The van der Waals surface area contributed by atoms with Crippen molar-refractivity contribution in [3.05, 3.63) is 75.8 Å². The van der Waals surface area contributed by atoms with Crippen LogP contribution in [0.3, 0.4) is 0 Å². The fraction of sp³-hybridized carbons (Fsp3) is 0.130. The van der Waals surface area contributed by atoms with Crippen molar-refractivity contribution < 1.29 is 13.9 Å². The zero-order valence-corrected chi connectivity index (χ0v) is 17.8. The normalized spacial score (nSPS) is 10.9. The number of ether oxygens (including phenoxy) is 1. The molecule has 3 aromatic carbocycles. The lowest BCUT2D eigenvalue weighted by atomic mass is 10.1. The zero-order chi connectivity index (χ0) is 21.3. The predicted octanol–water partition coefficient (Wildman–Crippen LogP) is 6.44. The lowest BCUT2D eigenvalue weighted by Gasteiger charge is -2.09. The minimum atomic E-state index is -0.267. The van der Waals surface area contributed by atoms with Gasteiger partial charge >= 0.3 is 0 Å². The predicted molar refractivity (Wildman–Crippen MR) is 120 cm³/mol. The summed E-state index contributed by atoms with van der Waals surface area (Å²) in [5.41, 5.74) is 4.71. The second kappa shape index (κ2) is 8.38. The molecule has 0 aliphatic carbocycles. The topological polar surface area (TPSA) is 64.4 Å². The van der Waals surface area contributed by atoms with Gasteiger partial charge in [-0.05, 0) is 73.5 Å². The molecule has 0 radical (unpaired) electrons. The van der Waals surface area contributed by atoms with Crippen LogP contribution in [0.2, 0.25) is 10.0 Å². The second-order valence-electron chi connectivity index (χ2n) is 6.91. The number of halogens is 2. The summed E-state index contributed by atoms with van der Waals surface area (Å²) in [5, 5.41) is 3.79. The number of aryl methyl sites for hydroxylation is 2. The molecule has 0 saturated carbocycles. The monoisotopic (exact) mass is 440 g/mol. The van der Waals surface area contributed by atoms with Crippen LogP contribution in [0, 0.1) is 13.8 Å². The molecule has 0 spiro atoms. The first-order chi connectivity index (χ1) is 14.4. The summed E-state index contributed by atoms with van der Waals surface area (Å²) in [5.74, 6) is 0.773. The summed E-state index contributed by atoms with van der Waals surface area (Å²) in [7, 11) is 0. The number of anilines is 1. The molecular formula is C23H18Cl2N2O3. The molecule has 152 valence electrons. The Morgan fingerprint density at radius 1 is 1.03 bits per heavy atom. The third kappa shape index (κ3) is 4.42. The van der Waals surface area contributed by atoms with E-state index in [1.54, 1.807) is 36.4 Å². The van der Waals surface area contributed by atoms with Crippen molar-refractivity contribution in [3.8, 4) is 17.2 Å². The molecule has 0 bridgehead atoms. The molecule has 0 fully saturated rings. The van der Waals surface area contributed by atoms with E-state index in [1.807, 2.05) is 32.0 Å². The van der Waals surface area contributed by atoms with Gasteiger partial charge in [0, 0.05) is 10.7 Å². The maximum Gasteiger partial charge on any atom is 0.262 e. The molecule has 5 nitrogen and oxygen atoms in total. The van der Waals surface area contributed by atoms with Crippen LogP contribution in [-0.2, 0) is 4.79 Å². The number of carbonyl (C=O) groups is 1. The SMILES string of the molecule is Cc1ccc(OCC(=O)Nc2ccc3oc(-c4ccc(Cl)cc4Cl)nc3c2)cc1C. The molecule has 0 saturated heterocycles. The molecule has 1 heterocycles. The fourth-order valence-corrected chi connectivity index (χ4v) is 3.42. The van der Waals surface area contributed by atoms with Crippen molar-refractivity contribution in [1.82, 2.24) is 4.98 Å². The van der Waals surface area contributed by atoms with E-state index >= 15 is 0 Å². The second-order valence-corrected chi connectivity index (χ2v) is 7.75. The standard InChI is InChI=1S/C23H18Cl2N2O3/c1-13-3-6-17(9-14(13)2)29-12-22(28)26-16-5-8-21-20(11-16)27-23(30-21)18-7-4-15(24)10-19(18)25/h3-11H,12H2,1-2H3,(H,26,28). The number of hydrogen-bond acceptors (Lipinski definition) is 4. The Labute approximate surface area is 183 Å². The molecule has 1 amide bonds. The Bertz CT molecular complexity index is 1250. The van der Waals surface area contributed by atoms with Crippen LogP contribution in [0.4, 0.5) is 5.69 Å². The first-order valence-electron chi connectivity index (χ1n) is 9.25. The summed E-state index contributed by atoms with van der Waals surface area (Å²) in [6.45, 7) is 3.93. The third-order valence-corrected chi connectivity index (χ3v) is 5.23.